The first kappa shape index (κ1) is 24.8. The molecule has 0 spiro atoms. The zero-order valence-electron chi connectivity index (χ0n) is 23.6. The maximum absolute atomic E-state index is 6.55. The average molecular weight is 568 g/mol. The third-order valence-electron chi connectivity index (χ3n) is 8.46. The lowest BCUT2D eigenvalue weighted by molar-refractivity contribution is 0.669. The van der Waals surface area contributed by atoms with Crippen LogP contribution in [0.2, 0.25) is 0 Å². The van der Waals surface area contributed by atoms with Gasteiger partial charge in [0.2, 0.25) is 0 Å². The van der Waals surface area contributed by atoms with Crippen LogP contribution in [-0.4, -0.2) is 15.0 Å². The van der Waals surface area contributed by atoms with Crippen molar-refractivity contribution in [3.8, 4) is 33.9 Å². The van der Waals surface area contributed by atoms with Gasteiger partial charge < -0.3 is 8.83 Å². The highest BCUT2D eigenvalue weighted by molar-refractivity contribution is 6.16. The van der Waals surface area contributed by atoms with Crippen LogP contribution in [-0.2, 0) is 0 Å². The lowest BCUT2D eigenvalue weighted by Crippen LogP contribution is -2.08. The molecule has 1 unspecified atom stereocenters. The highest BCUT2D eigenvalue weighted by atomic mass is 16.3. The van der Waals surface area contributed by atoms with Crippen molar-refractivity contribution in [3.05, 3.63) is 139 Å². The third-order valence-corrected chi connectivity index (χ3v) is 8.46. The Balaban J connectivity index is 1.33. The molecule has 44 heavy (non-hydrogen) atoms. The van der Waals surface area contributed by atoms with E-state index in [4.69, 9.17) is 23.8 Å². The fraction of sp³-hybridized carbons (Fsp3) is 0.0513. The summed E-state index contributed by atoms with van der Waals surface area (Å²) >= 11 is 0. The number of hydrogen-bond acceptors (Lipinski definition) is 5. The van der Waals surface area contributed by atoms with Gasteiger partial charge in [-0.3, -0.25) is 0 Å². The van der Waals surface area contributed by atoms with Gasteiger partial charge in [-0.15, -0.1) is 0 Å². The molecule has 5 heteroatoms. The van der Waals surface area contributed by atoms with E-state index in [0.29, 0.717) is 11.6 Å². The number of benzene rings is 5. The molecular formula is C39H25N3O2. The first-order valence-electron chi connectivity index (χ1n) is 14.8. The molecule has 1 aliphatic carbocycles. The number of furan rings is 2. The Morgan fingerprint density at radius 2 is 1.20 bits per heavy atom. The Morgan fingerprint density at radius 3 is 2.02 bits per heavy atom. The second kappa shape index (κ2) is 9.89. The Morgan fingerprint density at radius 1 is 0.523 bits per heavy atom. The second-order valence-corrected chi connectivity index (χ2v) is 11.1. The molecule has 0 N–H and O–H groups in total. The fourth-order valence-electron chi connectivity index (χ4n) is 6.35. The molecule has 1 atom stereocenters. The molecule has 8 aromatic rings. The lowest BCUT2D eigenvalue weighted by Gasteiger charge is -2.15. The third kappa shape index (κ3) is 3.90. The maximum atomic E-state index is 6.55. The summed E-state index contributed by atoms with van der Waals surface area (Å²) in [6.07, 6.45) is 9.27. The highest BCUT2D eigenvalue weighted by Crippen LogP contribution is 2.42. The topological polar surface area (TPSA) is 65.0 Å². The summed E-state index contributed by atoms with van der Waals surface area (Å²) in [4.78, 5) is 15.4. The Bertz CT molecular complexity index is 2430. The maximum Gasteiger partial charge on any atom is 0.167 e. The second-order valence-electron chi connectivity index (χ2n) is 11.1. The van der Waals surface area contributed by atoms with Gasteiger partial charge in [0.15, 0.2) is 11.6 Å². The van der Waals surface area contributed by atoms with E-state index in [2.05, 4.69) is 66.8 Å². The monoisotopic (exact) mass is 567 g/mol. The van der Waals surface area contributed by atoms with Crippen LogP contribution in [0.5, 0.6) is 0 Å². The van der Waals surface area contributed by atoms with Gasteiger partial charge in [-0.05, 0) is 42.3 Å². The predicted octanol–water partition coefficient (Wildman–Crippen LogP) is 10.3. The Kier molecular flexibility index (Phi) is 5.56. The van der Waals surface area contributed by atoms with Crippen LogP contribution >= 0.6 is 0 Å². The quantitative estimate of drug-likeness (QED) is 0.212. The van der Waals surface area contributed by atoms with Crippen LogP contribution in [0.4, 0.5) is 0 Å². The van der Waals surface area contributed by atoms with Crippen LogP contribution in [0.1, 0.15) is 18.2 Å². The summed E-state index contributed by atoms with van der Waals surface area (Å²) in [5.74, 6) is 1.96. The summed E-state index contributed by atoms with van der Waals surface area (Å²) < 4.78 is 13.0. The molecule has 0 saturated carbocycles. The number of nitrogens with zero attached hydrogens (tertiary/aromatic N) is 3. The average Bonchev–Trinajstić information content (AvgIpc) is 3.68. The zero-order chi connectivity index (χ0) is 29.0. The molecule has 208 valence electrons. The first-order chi connectivity index (χ1) is 21.8. The number of fused-ring (bicyclic) bond motifs is 6. The van der Waals surface area contributed by atoms with Crippen molar-refractivity contribution >= 4 is 43.9 Å². The minimum atomic E-state index is 0.0375. The van der Waals surface area contributed by atoms with Crippen molar-refractivity contribution in [2.75, 3.05) is 0 Å². The summed E-state index contributed by atoms with van der Waals surface area (Å²) in [5, 5.41) is 4.13. The molecule has 0 aliphatic heterocycles. The Labute approximate surface area is 252 Å². The number of hydrogen-bond donors (Lipinski definition) is 0. The fourth-order valence-corrected chi connectivity index (χ4v) is 6.35. The predicted molar refractivity (Wildman–Crippen MR) is 176 cm³/mol. The van der Waals surface area contributed by atoms with E-state index in [1.54, 1.807) is 0 Å². The molecule has 5 aromatic carbocycles. The van der Waals surface area contributed by atoms with E-state index in [1.807, 2.05) is 66.7 Å². The molecule has 9 rings (SSSR count). The van der Waals surface area contributed by atoms with Crippen molar-refractivity contribution in [1.82, 2.24) is 15.0 Å². The summed E-state index contributed by atoms with van der Waals surface area (Å²) in [7, 11) is 0. The molecular weight excluding hydrogens is 542 g/mol. The summed E-state index contributed by atoms with van der Waals surface area (Å²) in [6.45, 7) is 0. The minimum Gasteiger partial charge on any atom is -0.455 e. The molecule has 0 amide bonds. The van der Waals surface area contributed by atoms with E-state index < -0.39 is 0 Å². The smallest absolute Gasteiger partial charge is 0.167 e. The largest absolute Gasteiger partial charge is 0.455 e. The SMILES string of the molecule is C1=CCC(c2nc(-c3cccc4c3oc3ccccc34)nc(-c3ccc(-c4ccccc4)c4oc5ccccc5c34)n2)C=C1. The van der Waals surface area contributed by atoms with Crippen molar-refractivity contribution in [3.63, 3.8) is 0 Å². The van der Waals surface area contributed by atoms with Gasteiger partial charge in [-0.25, -0.2) is 15.0 Å². The Hall–Kier alpha value is -5.81. The molecule has 0 radical (unpaired) electrons. The van der Waals surface area contributed by atoms with Gasteiger partial charge in [0.25, 0.3) is 0 Å². The van der Waals surface area contributed by atoms with Gasteiger partial charge in [-0.2, -0.15) is 0 Å². The van der Waals surface area contributed by atoms with Crippen molar-refractivity contribution in [2.45, 2.75) is 12.3 Å². The molecule has 3 aromatic heterocycles. The number of rotatable bonds is 4. The number of aromatic nitrogens is 3. The first-order valence-corrected chi connectivity index (χ1v) is 14.8. The number of allylic oxidation sites excluding steroid dienone is 4. The van der Waals surface area contributed by atoms with E-state index in [-0.39, 0.29) is 5.92 Å². The van der Waals surface area contributed by atoms with E-state index >= 15 is 0 Å². The summed E-state index contributed by atoms with van der Waals surface area (Å²) in [5.41, 5.74) is 7.13. The van der Waals surface area contributed by atoms with E-state index in [1.165, 1.54) is 0 Å². The highest BCUT2D eigenvalue weighted by Gasteiger charge is 2.23. The van der Waals surface area contributed by atoms with Crippen molar-refractivity contribution in [2.24, 2.45) is 0 Å². The van der Waals surface area contributed by atoms with Crippen LogP contribution < -0.4 is 0 Å². The van der Waals surface area contributed by atoms with Crippen molar-refractivity contribution < 1.29 is 8.83 Å². The standard InChI is InChI=1S/C39H25N3O2/c1-3-12-24(13-4-1)26-22-23-30(34-29-17-8-10-21-33(29)44-36(26)34)38-40-37(25-14-5-2-6-15-25)41-39(42-38)31-19-11-18-28-27-16-7-9-20-32(27)43-35(28)31/h1-14,16-23,25H,15H2. The summed E-state index contributed by atoms with van der Waals surface area (Å²) in [6, 6.07) is 37.0. The molecule has 3 heterocycles. The molecule has 0 fully saturated rings. The zero-order valence-corrected chi connectivity index (χ0v) is 23.6. The molecule has 1 aliphatic rings. The van der Waals surface area contributed by atoms with Crippen molar-refractivity contribution in [1.29, 1.82) is 0 Å². The lowest BCUT2D eigenvalue weighted by atomic mass is 9.97. The van der Waals surface area contributed by atoms with Crippen LogP contribution in [0.3, 0.4) is 0 Å². The van der Waals surface area contributed by atoms with Crippen LogP contribution in [0.15, 0.2) is 142 Å². The van der Waals surface area contributed by atoms with Crippen LogP contribution in [0.25, 0.3) is 77.8 Å². The number of para-hydroxylation sites is 3. The van der Waals surface area contributed by atoms with Gasteiger partial charge in [0.05, 0.1) is 5.56 Å². The molecule has 0 saturated heterocycles. The molecule has 0 bridgehead atoms. The van der Waals surface area contributed by atoms with E-state index in [0.717, 1.165) is 78.4 Å². The van der Waals surface area contributed by atoms with E-state index in [9.17, 15) is 0 Å². The molecule has 5 nitrogen and oxygen atoms in total. The normalized spacial score (nSPS) is 14.8. The van der Waals surface area contributed by atoms with Gasteiger partial charge >= 0.3 is 0 Å². The van der Waals surface area contributed by atoms with Gasteiger partial charge in [0.1, 0.15) is 28.2 Å². The van der Waals surface area contributed by atoms with Gasteiger partial charge in [0, 0.05) is 38.6 Å². The van der Waals surface area contributed by atoms with Crippen LogP contribution in [0, 0.1) is 0 Å². The minimum absolute atomic E-state index is 0.0375. The van der Waals surface area contributed by atoms with Gasteiger partial charge in [-0.1, -0.05) is 103 Å².